The first kappa shape index (κ1) is 20.7. The van der Waals surface area contributed by atoms with Crippen LogP contribution in [0.5, 0.6) is 0 Å². The normalized spacial score (nSPS) is 16.1. The number of carbonyl (C=O) groups excluding carboxylic acids is 1. The third-order valence-electron chi connectivity index (χ3n) is 4.41. The van der Waals surface area contributed by atoms with Gasteiger partial charge in [0.15, 0.2) is 0 Å². The van der Waals surface area contributed by atoms with Crippen molar-refractivity contribution in [3.8, 4) is 0 Å². The molecule has 8 heteroatoms. The Kier molecular flexibility index (Phi) is 7.57. The highest BCUT2D eigenvalue weighted by atomic mass is 35.5. The lowest BCUT2D eigenvalue weighted by Gasteiger charge is -2.23. The van der Waals surface area contributed by atoms with Crippen LogP contribution in [-0.4, -0.2) is 30.0 Å². The number of anilines is 1. The number of hydrogen-bond acceptors (Lipinski definition) is 5. The Morgan fingerprint density at radius 2 is 2.00 bits per heavy atom. The smallest absolute Gasteiger partial charge is 0.293 e. The number of carbonyl (C=O) groups is 1. The second kappa shape index (κ2) is 9.89. The van der Waals surface area contributed by atoms with Crippen molar-refractivity contribution in [2.75, 3.05) is 18.4 Å². The van der Waals surface area contributed by atoms with Crippen LogP contribution in [-0.2, 0) is 6.54 Å². The molecule has 1 amide bonds. The third kappa shape index (κ3) is 5.67. The van der Waals surface area contributed by atoms with Gasteiger partial charge in [0.25, 0.3) is 11.6 Å². The molecule has 1 aliphatic heterocycles. The van der Waals surface area contributed by atoms with Gasteiger partial charge in [-0.2, -0.15) is 0 Å². The molecule has 1 heterocycles. The quantitative estimate of drug-likeness (QED) is 0.520. The fourth-order valence-electron chi connectivity index (χ4n) is 3.01. The molecule has 1 fully saturated rings. The topological polar surface area (TPSA) is 96.3 Å². The number of piperidine rings is 1. The van der Waals surface area contributed by atoms with Crippen LogP contribution in [0.3, 0.4) is 0 Å². The summed E-state index contributed by atoms with van der Waals surface area (Å²) in [5.41, 5.74) is 1.62. The van der Waals surface area contributed by atoms with E-state index in [4.69, 9.17) is 0 Å². The van der Waals surface area contributed by atoms with Gasteiger partial charge >= 0.3 is 0 Å². The summed E-state index contributed by atoms with van der Waals surface area (Å²) in [5.74, 6) is -0.281. The SMILES string of the molecule is Cl.O=C(N[C@H]1CCCNC1)c1ccc(NCc2ccccc2)c([N+](=O)[O-])c1. The molecular weight excluding hydrogens is 368 g/mol. The number of rotatable bonds is 6. The average Bonchev–Trinajstić information content (AvgIpc) is 2.67. The fraction of sp³-hybridized carbons (Fsp3) is 0.316. The fourth-order valence-corrected chi connectivity index (χ4v) is 3.01. The van der Waals surface area contributed by atoms with Crippen molar-refractivity contribution in [1.29, 1.82) is 0 Å². The maximum Gasteiger partial charge on any atom is 0.293 e. The van der Waals surface area contributed by atoms with Crippen molar-refractivity contribution in [3.63, 3.8) is 0 Å². The molecule has 1 aliphatic rings. The van der Waals surface area contributed by atoms with Gasteiger partial charge in [0.05, 0.1) is 4.92 Å². The van der Waals surface area contributed by atoms with Crippen molar-refractivity contribution in [2.45, 2.75) is 25.4 Å². The van der Waals surface area contributed by atoms with E-state index >= 15 is 0 Å². The minimum atomic E-state index is -0.466. The first-order valence-electron chi connectivity index (χ1n) is 8.71. The van der Waals surface area contributed by atoms with Crippen LogP contribution in [0, 0.1) is 10.1 Å². The molecule has 3 N–H and O–H groups in total. The van der Waals surface area contributed by atoms with Crippen LogP contribution in [0.4, 0.5) is 11.4 Å². The number of halogens is 1. The highest BCUT2D eigenvalue weighted by Crippen LogP contribution is 2.26. The van der Waals surface area contributed by atoms with Gasteiger partial charge in [-0.05, 0) is 37.1 Å². The molecule has 144 valence electrons. The minimum absolute atomic E-state index is 0. The molecule has 0 radical (unpaired) electrons. The Morgan fingerprint density at radius 1 is 1.22 bits per heavy atom. The van der Waals surface area contributed by atoms with Crippen molar-refractivity contribution >= 4 is 29.7 Å². The van der Waals surface area contributed by atoms with Gasteiger partial charge in [-0.1, -0.05) is 30.3 Å². The van der Waals surface area contributed by atoms with Crippen molar-refractivity contribution in [3.05, 3.63) is 69.8 Å². The van der Waals surface area contributed by atoms with E-state index in [9.17, 15) is 14.9 Å². The summed E-state index contributed by atoms with van der Waals surface area (Å²) >= 11 is 0. The zero-order chi connectivity index (χ0) is 18.4. The van der Waals surface area contributed by atoms with Crippen LogP contribution in [0.25, 0.3) is 0 Å². The summed E-state index contributed by atoms with van der Waals surface area (Å²) in [6, 6.07) is 14.2. The van der Waals surface area contributed by atoms with Gasteiger partial charge in [0.1, 0.15) is 5.69 Å². The molecule has 3 rings (SSSR count). The van der Waals surface area contributed by atoms with E-state index in [2.05, 4.69) is 16.0 Å². The molecular formula is C19H23ClN4O3. The molecule has 0 unspecified atom stereocenters. The third-order valence-corrected chi connectivity index (χ3v) is 4.41. The molecule has 0 aromatic heterocycles. The second-order valence-electron chi connectivity index (χ2n) is 6.34. The summed E-state index contributed by atoms with van der Waals surface area (Å²) in [7, 11) is 0. The Balaban J connectivity index is 0.00000261. The van der Waals surface area contributed by atoms with Gasteiger partial charge in [-0.3, -0.25) is 14.9 Å². The molecule has 1 atom stereocenters. The van der Waals surface area contributed by atoms with E-state index in [1.54, 1.807) is 12.1 Å². The van der Waals surface area contributed by atoms with E-state index in [0.29, 0.717) is 17.8 Å². The molecule has 1 saturated heterocycles. The summed E-state index contributed by atoms with van der Waals surface area (Å²) in [6.45, 7) is 2.16. The predicted molar refractivity (Wildman–Crippen MR) is 107 cm³/mol. The zero-order valence-electron chi connectivity index (χ0n) is 14.8. The molecule has 0 aliphatic carbocycles. The first-order chi connectivity index (χ1) is 12.6. The van der Waals surface area contributed by atoms with Crippen LogP contribution < -0.4 is 16.0 Å². The van der Waals surface area contributed by atoms with Gasteiger partial charge in [-0.15, -0.1) is 12.4 Å². The van der Waals surface area contributed by atoms with Gasteiger partial charge in [-0.25, -0.2) is 0 Å². The summed E-state index contributed by atoms with van der Waals surface area (Å²) in [5, 5.41) is 20.7. The van der Waals surface area contributed by atoms with Crippen LogP contribution >= 0.6 is 12.4 Å². The maximum atomic E-state index is 12.4. The highest BCUT2D eigenvalue weighted by molar-refractivity contribution is 5.96. The van der Waals surface area contributed by atoms with Crippen LogP contribution in [0.1, 0.15) is 28.8 Å². The number of amides is 1. The first-order valence-corrected chi connectivity index (χ1v) is 8.71. The van der Waals surface area contributed by atoms with E-state index < -0.39 is 4.92 Å². The number of nitro groups is 1. The Labute approximate surface area is 164 Å². The molecule has 0 saturated carbocycles. The number of nitrogens with zero attached hydrogens (tertiary/aromatic N) is 1. The monoisotopic (exact) mass is 390 g/mol. The predicted octanol–water partition coefficient (Wildman–Crippen LogP) is 3.11. The van der Waals surface area contributed by atoms with Crippen LogP contribution in [0.15, 0.2) is 48.5 Å². The lowest BCUT2D eigenvalue weighted by Crippen LogP contribution is -2.45. The van der Waals surface area contributed by atoms with E-state index in [1.165, 1.54) is 6.07 Å². The lowest BCUT2D eigenvalue weighted by atomic mass is 10.1. The van der Waals surface area contributed by atoms with Crippen LogP contribution in [0.2, 0.25) is 0 Å². The Morgan fingerprint density at radius 3 is 2.67 bits per heavy atom. The average molecular weight is 391 g/mol. The van der Waals surface area contributed by atoms with E-state index in [1.807, 2.05) is 30.3 Å². The van der Waals surface area contributed by atoms with Gasteiger partial charge < -0.3 is 16.0 Å². The van der Waals surface area contributed by atoms with E-state index in [-0.39, 0.29) is 30.0 Å². The maximum absolute atomic E-state index is 12.4. The summed E-state index contributed by atoms with van der Waals surface area (Å²) in [6.07, 6.45) is 1.92. The number of nitrogens with one attached hydrogen (secondary N) is 3. The number of benzene rings is 2. The van der Waals surface area contributed by atoms with E-state index in [0.717, 1.165) is 31.5 Å². The number of hydrogen-bond donors (Lipinski definition) is 3. The molecule has 2 aromatic rings. The van der Waals surface area contributed by atoms with Crippen molar-refractivity contribution in [2.24, 2.45) is 0 Å². The van der Waals surface area contributed by atoms with Gasteiger partial charge in [0.2, 0.25) is 0 Å². The number of nitro benzene ring substituents is 1. The molecule has 2 aromatic carbocycles. The molecule has 27 heavy (non-hydrogen) atoms. The molecule has 0 spiro atoms. The molecule has 7 nitrogen and oxygen atoms in total. The Hall–Kier alpha value is -2.64. The van der Waals surface area contributed by atoms with Gasteiger partial charge in [0, 0.05) is 30.8 Å². The second-order valence-corrected chi connectivity index (χ2v) is 6.34. The van der Waals surface area contributed by atoms with Crippen molar-refractivity contribution in [1.82, 2.24) is 10.6 Å². The largest absolute Gasteiger partial charge is 0.375 e. The Bertz CT molecular complexity index is 780. The minimum Gasteiger partial charge on any atom is -0.375 e. The summed E-state index contributed by atoms with van der Waals surface area (Å²) in [4.78, 5) is 23.4. The zero-order valence-corrected chi connectivity index (χ0v) is 15.6. The summed E-state index contributed by atoms with van der Waals surface area (Å²) < 4.78 is 0. The van der Waals surface area contributed by atoms with Crippen molar-refractivity contribution < 1.29 is 9.72 Å². The standard InChI is InChI=1S/C19H22N4O3.ClH/c24-19(22-16-7-4-10-20-13-16)15-8-9-17(18(11-15)23(25)26)21-12-14-5-2-1-3-6-14;/h1-3,5-6,8-9,11,16,20-21H,4,7,10,12-13H2,(H,22,24);1H/t16-;/m0./s1. The highest BCUT2D eigenvalue weighted by Gasteiger charge is 2.20. The lowest BCUT2D eigenvalue weighted by molar-refractivity contribution is -0.384. The molecule has 0 bridgehead atoms.